The summed E-state index contributed by atoms with van der Waals surface area (Å²) < 4.78 is 5.12. The summed E-state index contributed by atoms with van der Waals surface area (Å²) in [6, 6.07) is 5.39. The third-order valence-electron chi connectivity index (χ3n) is 4.31. The zero-order valence-corrected chi connectivity index (χ0v) is 13.3. The number of nitrogens with one attached hydrogen (secondary N) is 1. The molecular weight excluding hydrogens is 300 g/mol. The minimum atomic E-state index is -0.690. The number of aliphatic hydroxyl groups is 1. The van der Waals surface area contributed by atoms with Crippen molar-refractivity contribution >= 4 is 11.8 Å². The maximum atomic E-state index is 11.9. The molecule has 0 aromatic heterocycles. The second-order valence-corrected chi connectivity index (χ2v) is 6.49. The van der Waals surface area contributed by atoms with E-state index in [4.69, 9.17) is 4.74 Å². The van der Waals surface area contributed by atoms with Crippen LogP contribution in [0, 0.1) is 16.0 Å². The lowest BCUT2D eigenvalue weighted by molar-refractivity contribution is -0.384. The fourth-order valence-corrected chi connectivity index (χ4v) is 2.88. The van der Waals surface area contributed by atoms with Crippen LogP contribution < -0.4 is 10.1 Å². The maximum absolute atomic E-state index is 11.9. The zero-order valence-electron chi connectivity index (χ0n) is 13.3. The molecule has 1 aromatic rings. The van der Waals surface area contributed by atoms with E-state index in [1.807, 2.05) is 13.8 Å². The van der Waals surface area contributed by atoms with E-state index in [9.17, 15) is 20.0 Å². The Kier molecular flexibility index (Phi) is 5.20. The van der Waals surface area contributed by atoms with E-state index in [0.717, 1.165) is 25.7 Å². The molecule has 0 spiro atoms. The van der Waals surface area contributed by atoms with Crippen LogP contribution >= 0.6 is 0 Å². The summed E-state index contributed by atoms with van der Waals surface area (Å²) in [5.41, 5.74) is -0.743. The molecule has 1 amide bonds. The molecule has 2 N–H and O–H groups in total. The lowest BCUT2D eigenvalue weighted by Crippen LogP contribution is -2.42. The summed E-state index contributed by atoms with van der Waals surface area (Å²) in [5, 5.41) is 23.4. The molecule has 126 valence electrons. The number of nitrogens with zero attached hydrogens (tertiary/aromatic N) is 1. The van der Waals surface area contributed by atoms with Crippen molar-refractivity contribution in [2.24, 2.45) is 5.92 Å². The van der Waals surface area contributed by atoms with E-state index in [1.165, 1.54) is 24.3 Å². The molecule has 23 heavy (non-hydrogen) atoms. The second kappa shape index (κ2) is 6.95. The molecule has 0 bridgehead atoms. The minimum absolute atomic E-state index is 0.0270. The molecule has 0 radical (unpaired) electrons. The van der Waals surface area contributed by atoms with Crippen molar-refractivity contribution < 1.29 is 19.6 Å². The first-order chi connectivity index (χ1) is 10.8. The Morgan fingerprint density at radius 2 is 1.83 bits per heavy atom. The molecule has 1 fully saturated rings. The normalized spacial score (nSPS) is 21.5. The number of hydrogen-bond donors (Lipinski definition) is 2. The molecule has 7 nitrogen and oxygen atoms in total. The van der Waals surface area contributed by atoms with Gasteiger partial charge in [0.25, 0.3) is 5.69 Å². The van der Waals surface area contributed by atoms with Gasteiger partial charge in [-0.05, 0) is 57.6 Å². The largest absolute Gasteiger partial charge is 0.412 e. The van der Waals surface area contributed by atoms with Gasteiger partial charge in [0.15, 0.2) is 0 Å². The Bertz CT molecular complexity index is 557. The first-order valence-corrected chi connectivity index (χ1v) is 7.71. The third-order valence-corrected chi connectivity index (χ3v) is 4.31. The van der Waals surface area contributed by atoms with Crippen LogP contribution in [0.1, 0.15) is 39.5 Å². The van der Waals surface area contributed by atoms with Gasteiger partial charge in [0.1, 0.15) is 5.75 Å². The number of ether oxygens (including phenoxy) is 1. The van der Waals surface area contributed by atoms with Crippen molar-refractivity contribution in [3.05, 3.63) is 34.4 Å². The number of hydrogen-bond acceptors (Lipinski definition) is 5. The number of carbonyl (C=O) groups is 1. The highest BCUT2D eigenvalue weighted by molar-refractivity contribution is 5.70. The Labute approximate surface area is 134 Å². The second-order valence-electron chi connectivity index (χ2n) is 6.49. The van der Waals surface area contributed by atoms with Crippen molar-refractivity contribution in [1.29, 1.82) is 0 Å². The van der Waals surface area contributed by atoms with Crippen LogP contribution in [0.15, 0.2) is 24.3 Å². The van der Waals surface area contributed by atoms with Crippen molar-refractivity contribution in [3.63, 3.8) is 0 Å². The van der Waals surface area contributed by atoms with Gasteiger partial charge in [-0.3, -0.25) is 10.1 Å². The lowest BCUT2D eigenvalue weighted by atomic mass is 9.77. The topological polar surface area (TPSA) is 102 Å². The molecule has 1 aliphatic carbocycles. The Balaban J connectivity index is 1.80. The molecule has 0 heterocycles. The predicted molar refractivity (Wildman–Crippen MR) is 84.3 cm³/mol. The van der Waals surface area contributed by atoms with E-state index in [2.05, 4.69) is 5.32 Å². The summed E-state index contributed by atoms with van der Waals surface area (Å²) in [6.45, 7) is 3.63. The molecule has 0 unspecified atom stereocenters. The van der Waals surface area contributed by atoms with Gasteiger partial charge in [0.2, 0.25) is 0 Å². The summed E-state index contributed by atoms with van der Waals surface area (Å²) >= 11 is 0. The molecule has 7 heteroatoms. The number of benzene rings is 1. The monoisotopic (exact) mass is 322 g/mol. The molecule has 1 aliphatic rings. The van der Waals surface area contributed by atoms with Crippen LogP contribution in [0.5, 0.6) is 5.75 Å². The van der Waals surface area contributed by atoms with Crippen molar-refractivity contribution in [3.8, 4) is 5.75 Å². The predicted octanol–water partition coefficient (Wildman–Crippen LogP) is 3.01. The average Bonchev–Trinajstić information content (AvgIpc) is 2.47. The fourth-order valence-electron chi connectivity index (χ4n) is 2.88. The van der Waals surface area contributed by atoms with Gasteiger partial charge in [0, 0.05) is 18.2 Å². The van der Waals surface area contributed by atoms with E-state index in [1.54, 1.807) is 0 Å². The summed E-state index contributed by atoms with van der Waals surface area (Å²) in [5.74, 6) is 0.504. The highest BCUT2D eigenvalue weighted by atomic mass is 16.6. The first kappa shape index (κ1) is 17.2. The van der Waals surface area contributed by atoms with Crippen molar-refractivity contribution in [2.45, 2.75) is 51.2 Å². The van der Waals surface area contributed by atoms with Crippen LogP contribution in [0.2, 0.25) is 0 Å². The molecule has 0 atom stereocenters. The number of amides is 1. The van der Waals surface area contributed by atoms with Crippen LogP contribution in [0.25, 0.3) is 0 Å². The Morgan fingerprint density at radius 3 is 2.30 bits per heavy atom. The third kappa shape index (κ3) is 4.92. The number of rotatable bonds is 4. The lowest BCUT2D eigenvalue weighted by Gasteiger charge is -2.35. The zero-order chi connectivity index (χ0) is 17.0. The molecule has 0 saturated heterocycles. The molecule has 0 aliphatic heterocycles. The van der Waals surface area contributed by atoms with E-state index in [0.29, 0.717) is 0 Å². The van der Waals surface area contributed by atoms with Crippen LogP contribution in [-0.4, -0.2) is 27.8 Å². The Hall–Kier alpha value is -2.15. The maximum Gasteiger partial charge on any atom is 0.412 e. The van der Waals surface area contributed by atoms with Crippen LogP contribution in [0.3, 0.4) is 0 Å². The standard InChI is InChI=1S/C16H22N2O5/c1-16(2,20)11-3-5-12(6-4-11)17-15(19)23-14-9-7-13(8-10-14)18(21)22/h7-12,20H,3-6H2,1-2H3,(H,17,19). The average molecular weight is 322 g/mol. The smallest absolute Gasteiger partial charge is 0.410 e. The quantitative estimate of drug-likeness (QED) is 0.655. The number of carbonyl (C=O) groups excluding carboxylic acids is 1. The SMILES string of the molecule is CC(C)(O)C1CCC(NC(=O)Oc2ccc([N+](=O)[O-])cc2)CC1. The van der Waals surface area contributed by atoms with Crippen molar-refractivity contribution in [2.75, 3.05) is 0 Å². The van der Waals surface area contributed by atoms with Crippen LogP contribution in [0.4, 0.5) is 10.5 Å². The van der Waals surface area contributed by atoms with Gasteiger partial charge in [-0.25, -0.2) is 4.79 Å². The van der Waals surface area contributed by atoms with E-state index in [-0.39, 0.29) is 23.4 Å². The van der Waals surface area contributed by atoms with E-state index >= 15 is 0 Å². The number of nitro benzene ring substituents is 1. The molecule has 1 aromatic carbocycles. The summed E-state index contributed by atoms with van der Waals surface area (Å²) in [7, 11) is 0. The van der Waals surface area contributed by atoms with E-state index < -0.39 is 16.6 Å². The summed E-state index contributed by atoms with van der Waals surface area (Å²) in [4.78, 5) is 21.9. The highest BCUT2D eigenvalue weighted by Crippen LogP contribution is 2.32. The highest BCUT2D eigenvalue weighted by Gasteiger charge is 2.31. The molecular formula is C16H22N2O5. The van der Waals surface area contributed by atoms with Gasteiger partial charge in [-0.1, -0.05) is 0 Å². The molecule has 2 rings (SSSR count). The Morgan fingerprint density at radius 1 is 1.26 bits per heavy atom. The number of non-ortho nitro benzene ring substituents is 1. The van der Waals surface area contributed by atoms with Gasteiger partial charge in [0.05, 0.1) is 10.5 Å². The fraction of sp³-hybridized carbons (Fsp3) is 0.562. The van der Waals surface area contributed by atoms with Gasteiger partial charge in [-0.15, -0.1) is 0 Å². The van der Waals surface area contributed by atoms with Crippen molar-refractivity contribution in [1.82, 2.24) is 5.32 Å². The van der Waals surface area contributed by atoms with Gasteiger partial charge >= 0.3 is 6.09 Å². The van der Waals surface area contributed by atoms with Gasteiger partial charge in [-0.2, -0.15) is 0 Å². The first-order valence-electron chi connectivity index (χ1n) is 7.71. The van der Waals surface area contributed by atoms with Crippen LogP contribution in [-0.2, 0) is 0 Å². The molecule has 1 saturated carbocycles. The van der Waals surface area contributed by atoms with Gasteiger partial charge < -0.3 is 15.2 Å². The minimum Gasteiger partial charge on any atom is -0.410 e. The summed E-state index contributed by atoms with van der Waals surface area (Å²) in [6.07, 6.45) is 2.73. The number of nitro groups is 1.